The molecular weight excluding hydrogens is 312 g/mol. The maximum atomic E-state index is 10.6. The summed E-state index contributed by atoms with van der Waals surface area (Å²) in [6, 6.07) is 0. The Kier molecular flexibility index (Phi) is 10.2. The van der Waals surface area contributed by atoms with Crippen molar-refractivity contribution in [3.8, 4) is 0 Å². The van der Waals surface area contributed by atoms with E-state index in [4.69, 9.17) is 20.7 Å². The Morgan fingerprint density at radius 1 is 0.826 bits per heavy atom. The molecule has 0 aromatic heterocycles. The molecule has 4 N–H and O–H groups in total. The van der Waals surface area contributed by atoms with Gasteiger partial charge in [-0.25, -0.2) is 10.5 Å². The molecule has 0 saturated heterocycles. The first-order chi connectivity index (χ1) is 10.8. The lowest BCUT2D eigenvalue weighted by Gasteiger charge is -2.23. The standard InChI is InChI=1S/C13H22N2O8/c1-10(22-20)15(11(2)23-21)7-5-3-4-6-14(8-12(16)17)9-13(18)19/h20-21H,1-9H2,(H,16,17)(H,18,19). The Labute approximate surface area is 133 Å². The highest BCUT2D eigenvalue weighted by Gasteiger charge is 2.15. The molecule has 0 rings (SSSR count). The Bertz CT molecular complexity index is 394. The van der Waals surface area contributed by atoms with Crippen molar-refractivity contribution in [2.24, 2.45) is 0 Å². The van der Waals surface area contributed by atoms with Gasteiger partial charge in [-0.15, -0.1) is 0 Å². The van der Waals surface area contributed by atoms with Crippen LogP contribution in [0.15, 0.2) is 24.9 Å². The number of hydrogen-bond donors (Lipinski definition) is 4. The summed E-state index contributed by atoms with van der Waals surface area (Å²) in [6.07, 6.45) is 1.75. The molecule has 132 valence electrons. The predicted octanol–water partition coefficient (Wildman–Crippen LogP) is 0.852. The number of aliphatic carboxylic acids is 2. The molecule has 0 aliphatic heterocycles. The molecule has 0 atom stereocenters. The average molecular weight is 334 g/mol. The number of carboxylic acids is 2. The van der Waals surface area contributed by atoms with Gasteiger partial charge in [-0.05, 0) is 32.5 Å². The van der Waals surface area contributed by atoms with Crippen LogP contribution in [0.4, 0.5) is 0 Å². The summed E-state index contributed by atoms with van der Waals surface area (Å²) in [4.78, 5) is 31.7. The van der Waals surface area contributed by atoms with Crippen LogP contribution < -0.4 is 0 Å². The van der Waals surface area contributed by atoms with Crippen molar-refractivity contribution in [2.75, 3.05) is 26.2 Å². The SMILES string of the molecule is C=C(OO)N(CCCCCN(CC(=O)O)CC(=O)O)C(=C)OO. The van der Waals surface area contributed by atoms with Crippen LogP contribution in [0, 0.1) is 0 Å². The van der Waals surface area contributed by atoms with E-state index in [1.807, 2.05) is 0 Å². The molecule has 10 heteroatoms. The van der Waals surface area contributed by atoms with Crippen LogP contribution in [-0.2, 0) is 19.4 Å². The monoisotopic (exact) mass is 334 g/mol. The molecule has 0 fully saturated rings. The van der Waals surface area contributed by atoms with Gasteiger partial charge in [-0.2, -0.15) is 0 Å². The molecule has 0 amide bonds. The van der Waals surface area contributed by atoms with Gasteiger partial charge >= 0.3 is 11.9 Å². The zero-order valence-corrected chi connectivity index (χ0v) is 12.7. The number of carboxylic acid groups (broad SMARTS) is 2. The fraction of sp³-hybridized carbons (Fsp3) is 0.538. The number of unbranched alkanes of at least 4 members (excludes halogenated alkanes) is 2. The van der Waals surface area contributed by atoms with Gasteiger partial charge in [0.1, 0.15) is 0 Å². The molecule has 0 aliphatic rings. The molecule has 0 spiro atoms. The van der Waals surface area contributed by atoms with Gasteiger partial charge in [-0.1, -0.05) is 6.42 Å². The highest BCUT2D eigenvalue weighted by Crippen LogP contribution is 2.13. The second-order valence-electron chi connectivity index (χ2n) is 4.68. The minimum absolute atomic E-state index is 0.178. The summed E-state index contributed by atoms with van der Waals surface area (Å²) in [5.41, 5.74) is 0. The third-order valence-corrected chi connectivity index (χ3v) is 2.89. The van der Waals surface area contributed by atoms with E-state index >= 15 is 0 Å². The second-order valence-corrected chi connectivity index (χ2v) is 4.68. The maximum absolute atomic E-state index is 10.6. The zero-order chi connectivity index (χ0) is 17.8. The van der Waals surface area contributed by atoms with Gasteiger partial charge < -0.3 is 20.0 Å². The lowest BCUT2D eigenvalue weighted by molar-refractivity contribution is -0.251. The second kappa shape index (κ2) is 11.3. The maximum Gasteiger partial charge on any atom is 0.317 e. The van der Waals surface area contributed by atoms with E-state index in [9.17, 15) is 9.59 Å². The largest absolute Gasteiger partial charge is 0.480 e. The highest BCUT2D eigenvalue weighted by atomic mass is 17.1. The van der Waals surface area contributed by atoms with E-state index < -0.39 is 11.9 Å². The van der Waals surface area contributed by atoms with Gasteiger partial charge in [0.2, 0.25) is 11.8 Å². The van der Waals surface area contributed by atoms with Crippen LogP contribution in [-0.4, -0.2) is 68.6 Å². The molecule has 0 aromatic rings. The predicted molar refractivity (Wildman–Crippen MR) is 78.0 cm³/mol. The molecule has 23 heavy (non-hydrogen) atoms. The summed E-state index contributed by atoms with van der Waals surface area (Å²) < 4.78 is 0. The van der Waals surface area contributed by atoms with Gasteiger partial charge in [-0.3, -0.25) is 19.4 Å². The molecule has 0 aromatic carbocycles. The van der Waals surface area contributed by atoms with Crippen molar-refractivity contribution in [3.05, 3.63) is 24.9 Å². The quantitative estimate of drug-likeness (QED) is 0.156. The lowest BCUT2D eigenvalue weighted by Crippen LogP contribution is -2.35. The highest BCUT2D eigenvalue weighted by molar-refractivity contribution is 5.72. The Balaban J connectivity index is 4.20. The molecule has 0 radical (unpaired) electrons. The van der Waals surface area contributed by atoms with Crippen molar-refractivity contribution >= 4 is 11.9 Å². The van der Waals surface area contributed by atoms with Gasteiger partial charge in [0.25, 0.3) is 0 Å². The summed E-state index contributed by atoms with van der Waals surface area (Å²) in [7, 11) is 0. The van der Waals surface area contributed by atoms with Crippen molar-refractivity contribution in [1.29, 1.82) is 0 Å². The fourth-order valence-corrected chi connectivity index (χ4v) is 1.87. The van der Waals surface area contributed by atoms with Crippen molar-refractivity contribution in [1.82, 2.24) is 9.80 Å². The van der Waals surface area contributed by atoms with Gasteiger partial charge in [0, 0.05) is 6.54 Å². The van der Waals surface area contributed by atoms with Gasteiger partial charge in [0.15, 0.2) is 0 Å². The Morgan fingerprint density at radius 2 is 1.26 bits per heavy atom. The van der Waals surface area contributed by atoms with E-state index in [0.29, 0.717) is 25.8 Å². The number of nitrogens with zero attached hydrogens (tertiary/aromatic N) is 2. The van der Waals surface area contributed by atoms with Crippen LogP contribution in [0.3, 0.4) is 0 Å². The molecule has 0 bridgehead atoms. The Hall–Kier alpha value is -2.30. The third-order valence-electron chi connectivity index (χ3n) is 2.89. The molecule has 10 nitrogen and oxygen atoms in total. The van der Waals surface area contributed by atoms with Crippen LogP contribution in [0.25, 0.3) is 0 Å². The minimum Gasteiger partial charge on any atom is -0.480 e. The number of rotatable bonds is 14. The average Bonchev–Trinajstić information content (AvgIpc) is 2.48. The van der Waals surface area contributed by atoms with Crippen LogP contribution in [0.1, 0.15) is 19.3 Å². The topological polar surface area (TPSA) is 140 Å². The van der Waals surface area contributed by atoms with E-state index in [1.165, 1.54) is 9.80 Å². The first-order valence-electron chi connectivity index (χ1n) is 6.76. The van der Waals surface area contributed by atoms with E-state index in [1.54, 1.807) is 0 Å². The fourth-order valence-electron chi connectivity index (χ4n) is 1.87. The van der Waals surface area contributed by atoms with E-state index in [-0.39, 0.29) is 31.4 Å². The first kappa shape index (κ1) is 20.7. The van der Waals surface area contributed by atoms with E-state index in [0.717, 1.165) is 0 Å². The van der Waals surface area contributed by atoms with Crippen LogP contribution in [0.2, 0.25) is 0 Å². The summed E-state index contributed by atoms with van der Waals surface area (Å²) >= 11 is 0. The van der Waals surface area contributed by atoms with E-state index in [2.05, 4.69) is 22.9 Å². The molecule has 0 heterocycles. The van der Waals surface area contributed by atoms with Crippen molar-refractivity contribution < 1.29 is 40.1 Å². The van der Waals surface area contributed by atoms with Crippen LogP contribution in [0.5, 0.6) is 0 Å². The smallest absolute Gasteiger partial charge is 0.317 e. The summed E-state index contributed by atoms with van der Waals surface area (Å²) in [5.74, 6) is -2.54. The van der Waals surface area contributed by atoms with Gasteiger partial charge in [0.05, 0.1) is 13.1 Å². The molecule has 0 saturated carbocycles. The lowest BCUT2D eigenvalue weighted by atomic mass is 10.2. The number of carbonyl (C=O) groups is 2. The molecule has 0 aliphatic carbocycles. The van der Waals surface area contributed by atoms with Crippen molar-refractivity contribution in [3.63, 3.8) is 0 Å². The van der Waals surface area contributed by atoms with Crippen LogP contribution >= 0.6 is 0 Å². The number of hydrogen-bond acceptors (Lipinski definition) is 8. The minimum atomic E-state index is -1.09. The summed E-state index contributed by atoms with van der Waals surface area (Å²) in [6.45, 7) is 6.69. The zero-order valence-electron chi connectivity index (χ0n) is 12.7. The Morgan fingerprint density at radius 3 is 1.65 bits per heavy atom. The summed E-state index contributed by atoms with van der Waals surface area (Å²) in [5, 5.41) is 34.5. The first-order valence-corrected chi connectivity index (χ1v) is 6.76. The normalized spacial score (nSPS) is 10.2. The molecular formula is C13H22N2O8. The van der Waals surface area contributed by atoms with Crippen molar-refractivity contribution in [2.45, 2.75) is 19.3 Å². The molecule has 0 unspecified atom stereocenters. The third kappa shape index (κ3) is 9.34.